The SMILES string of the molecule is COc1ccccc1-c1cnc(CNC(=O)OCc2ccccc2)[nH]1. The van der Waals surface area contributed by atoms with E-state index in [-0.39, 0.29) is 13.2 Å². The lowest BCUT2D eigenvalue weighted by Gasteiger charge is -2.06. The van der Waals surface area contributed by atoms with E-state index in [1.54, 1.807) is 13.3 Å². The van der Waals surface area contributed by atoms with E-state index in [1.165, 1.54) is 0 Å². The summed E-state index contributed by atoms with van der Waals surface area (Å²) in [6.07, 6.45) is 1.23. The van der Waals surface area contributed by atoms with Crippen molar-refractivity contribution in [1.82, 2.24) is 15.3 Å². The Hall–Kier alpha value is -3.28. The predicted molar refractivity (Wildman–Crippen MR) is 94.0 cm³/mol. The minimum atomic E-state index is -0.487. The van der Waals surface area contributed by atoms with Crippen LogP contribution in [0.1, 0.15) is 11.4 Å². The quantitative estimate of drug-likeness (QED) is 0.722. The van der Waals surface area contributed by atoms with Crippen molar-refractivity contribution in [2.75, 3.05) is 7.11 Å². The fourth-order valence-electron chi connectivity index (χ4n) is 2.39. The van der Waals surface area contributed by atoms with Crippen LogP contribution >= 0.6 is 0 Å². The zero-order valence-electron chi connectivity index (χ0n) is 13.9. The molecule has 3 rings (SSSR count). The van der Waals surface area contributed by atoms with Gasteiger partial charge >= 0.3 is 6.09 Å². The molecule has 0 fully saturated rings. The van der Waals surface area contributed by atoms with Crippen LogP contribution in [0.2, 0.25) is 0 Å². The van der Waals surface area contributed by atoms with E-state index in [9.17, 15) is 4.79 Å². The second-order valence-corrected chi connectivity index (χ2v) is 5.36. The molecule has 3 aromatic rings. The highest BCUT2D eigenvalue weighted by Crippen LogP contribution is 2.27. The number of para-hydroxylation sites is 1. The molecular weight excluding hydrogens is 318 g/mol. The van der Waals surface area contributed by atoms with Gasteiger partial charge in [0.15, 0.2) is 0 Å². The summed E-state index contributed by atoms with van der Waals surface area (Å²) >= 11 is 0. The van der Waals surface area contributed by atoms with Crippen LogP contribution < -0.4 is 10.1 Å². The third-order valence-electron chi connectivity index (χ3n) is 3.64. The van der Waals surface area contributed by atoms with E-state index < -0.39 is 6.09 Å². The molecule has 25 heavy (non-hydrogen) atoms. The molecule has 2 aromatic carbocycles. The molecule has 1 amide bonds. The van der Waals surface area contributed by atoms with E-state index in [4.69, 9.17) is 9.47 Å². The van der Waals surface area contributed by atoms with Crippen molar-refractivity contribution in [2.24, 2.45) is 0 Å². The number of benzene rings is 2. The van der Waals surface area contributed by atoms with Crippen LogP contribution in [0.4, 0.5) is 4.79 Å². The van der Waals surface area contributed by atoms with Crippen molar-refractivity contribution in [3.8, 4) is 17.0 Å². The van der Waals surface area contributed by atoms with Crippen LogP contribution in [0.25, 0.3) is 11.3 Å². The third kappa shape index (κ3) is 4.38. The summed E-state index contributed by atoms with van der Waals surface area (Å²) in [5.41, 5.74) is 2.68. The minimum Gasteiger partial charge on any atom is -0.496 e. The number of carbonyl (C=O) groups excluding carboxylic acids is 1. The van der Waals surface area contributed by atoms with Crippen molar-refractivity contribution in [2.45, 2.75) is 13.2 Å². The highest BCUT2D eigenvalue weighted by molar-refractivity contribution is 5.68. The van der Waals surface area contributed by atoms with Gasteiger partial charge < -0.3 is 19.8 Å². The van der Waals surface area contributed by atoms with Gasteiger partial charge in [-0.25, -0.2) is 9.78 Å². The zero-order valence-corrected chi connectivity index (χ0v) is 13.9. The van der Waals surface area contributed by atoms with Crippen LogP contribution in [-0.4, -0.2) is 23.2 Å². The second-order valence-electron chi connectivity index (χ2n) is 5.36. The maximum absolute atomic E-state index is 11.8. The molecule has 0 aliphatic heterocycles. The lowest BCUT2D eigenvalue weighted by molar-refractivity contribution is 0.139. The summed E-state index contributed by atoms with van der Waals surface area (Å²) in [6, 6.07) is 17.2. The molecule has 2 N–H and O–H groups in total. The number of nitrogens with one attached hydrogen (secondary N) is 2. The van der Waals surface area contributed by atoms with Crippen LogP contribution in [0, 0.1) is 0 Å². The van der Waals surface area contributed by atoms with Crippen LogP contribution in [0.5, 0.6) is 5.75 Å². The van der Waals surface area contributed by atoms with Gasteiger partial charge in [-0.15, -0.1) is 0 Å². The maximum Gasteiger partial charge on any atom is 0.407 e. The number of ether oxygens (including phenoxy) is 2. The number of imidazole rings is 1. The van der Waals surface area contributed by atoms with Gasteiger partial charge in [-0.2, -0.15) is 0 Å². The second kappa shape index (κ2) is 8.01. The first-order valence-electron chi connectivity index (χ1n) is 7.88. The molecule has 1 aromatic heterocycles. The molecule has 0 saturated heterocycles. The molecule has 6 heteroatoms. The highest BCUT2D eigenvalue weighted by atomic mass is 16.5. The van der Waals surface area contributed by atoms with E-state index in [0.717, 1.165) is 22.6 Å². The third-order valence-corrected chi connectivity index (χ3v) is 3.64. The summed E-state index contributed by atoms with van der Waals surface area (Å²) in [5, 5.41) is 2.68. The summed E-state index contributed by atoms with van der Waals surface area (Å²) < 4.78 is 10.5. The van der Waals surface area contributed by atoms with Crippen molar-refractivity contribution in [3.63, 3.8) is 0 Å². The maximum atomic E-state index is 11.8. The first-order chi connectivity index (χ1) is 12.3. The molecule has 0 unspecified atom stereocenters. The fraction of sp³-hybridized carbons (Fsp3) is 0.158. The number of amides is 1. The van der Waals surface area contributed by atoms with E-state index >= 15 is 0 Å². The number of aromatic amines is 1. The summed E-state index contributed by atoms with van der Waals surface area (Å²) in [5.74, 6) is 1.39. The van der Waals surface area contributed by atoms with E-state index in [0.29, 0.717) is 5.82 Å². The topological polar surface area (TPSA) is 76.2 Å². The Morgan fingerprint density at radius 3 is 2.68 bits per heavy atom. The molecule has 0 radical (unpaired) electrons. The number of hydrogen-bond donors (Lipinski definition) is 2. The van der Waals surface area contributed by atoms with Gasteiger partial charge in [0.05, 0.1) is 25.5 Å². The van der Waals surface area contributed by atoms with Crippen LogP contribution in [0.15, 0.2) is 60.8 Å². The predicted octanol–water partition coefficient (Wildman–Crippen LogP) is 3.51. The molecule has 0 atom stereocenters. The lowest BCUT2D eigenvalue weighted by Crippen LogP contribution is -2.24. The van der Waals surface area contributed by atoms with Gasteiger partial charge in [-0.1, -0.05) is 42.5 Å². The van der Waals surface area contributed by atoms with Gasteiger partial charge in [-0.05, 0) is 17.7 Å². The molecule has 0 aliphatic carbocycles. The van der Waals surface area contributed by atoms with Gasteiger partial charge in [0.1, 0.15) is 18.2 Å². The summed E-state index contributed by atoms with van der Waals surface area (Å²) in [4.78, 5) is 19.2. The van der Waals surface area contributed by atoms with Gasteiger partial charge in [0, 0.05) is 5.56 Å². The number of nitrogens with zero attached hydrogens (tertiary/aromatic N) is 1. The molecule has 1 heterocycles. The number of alkyl carbamates (subject to hydrolysis) is 1. The van der Waals surface area contributed by atoms with Gasteiger partial charge in [-0.3, -0.25) is 0 Å². The van der Waals surface area contributed by atoms with Crippen LogP contribution in [0.3, 0.4) is 0 Å². The molecule has 0 aliphatic rings. The molecule has 0 saturated carbocycles. The summed E-state index contributed by atoms with van der Waals surface area (Å²) in [7, 11) is 1.63. The summed E-state index contributed by atoms with van der Waals surface area (Å²) in [6.45, 7) is 0.486. The molecule has 6 nitrogen and oxygen atoms in total. The normalized spacial score (nSPS) is 10.3. The standard InChI is InChI=1S/C19H19N3O3/c1-24-17-10-6-5-9-15(17)16-11-20-18(22-16)12-21-19(23)25-13-14-7-3-2-4-8-14/h2-11H,12-13H2,1H3,(H,20,22)(H,21,23). The van der Waals surface area contributed by atoms with Crippen LogP contribution in [-0.2, 0) is 17.9 Å². The molecule has 0 bridgehead atoms. The largest absolute Gasteiger partial charge is 0.496 e. The Morgan fingerprint density at radius 2 is 1.88 bits per heavy atom. The average Bonchev–Trinajstić information content (AvgIpc) is 3.14. The Bertz CT molecular complexity index is 831. The van der Waals surface area contributed by atoms with Crippen molar-refractivity contribution >= 4 is 6.09 Å². The number of hydrogen-bond acceptors (Lipinski definition) is 4. The van der Waals surface area contributed by atoms with Gasteiger partial charge in [0.25, 0.3) is 0 Å². The number of methoxy groups -OCH3 is 1. The van der Waals surface area contributed by atoms with Crippen molar-refractivity contribution in [1.29, 1.82) is 0 Å². The Labute approximate surface area is 145 Å². The van der Waals surface area contributed by atoms with E-state index in [1.807, 2.05) is 54.6 Å². The van der Waals surface area contributed by atoms with E-state index in [2.05, 4.69) is 15.3 Å². The number of H-pyrrole nitrogens is 1. The minimum absolute atomic E-state index is 0.233. The van der Waals surface area contributed by atoms with Gasteiger partial charge in [0.2, 0.25) is 0 Å². The molecular formula is C19H19N3O3. The Balaban J connectivity index is 1.54. The molecule has 0 spiro atoms. The fourth-order valence-corrected chi connectivity index (χ4v) is 2.39. The average molecular weight is 337 g/mol. The van der Waals surface area contributed by atoms with Crippen molar-refractivity contribution < 1.29 is 14.3 Å². The highest BCUT2D eigenvalue weighted by Gasteiger charge is 2.09. The first kappa shape index (κ1) is 16.6. The monoisotopic (exact) mass is 337 g/mol. The lowest BCUT2D eigenvalue weighted by atomic mass is 10.1. The number of aromatic nitrogens is 2. The Morgan fingerprint density at radius 1 is 1.12 bits per heavy atom. The van der Waals surface area contributed by atoms with Crippen molar-refractivity contribution in [3.05, 3.63) is 72.2 Å². The smallest absolute Gasteiger partial charge is 0.407 e. The zero-order chi connectivity index (χ0) is 17.5. The number of carbonyl (C=O) groups is 1. The molecule has 128 valence electrons. The Kier molecular flexibility index (Phi) is 5.31. The number of rotatable bonds is 6. The first-order valence-corrected chi connectivity index (χ1v) is 7.88.